The Bertz CT molecular complexity index is 410. The molecule has 1 aromatic rings. The molecule has 0 amide bonds. The van der Waals surface area contributed by atoms with Gasteiger partial charge >= 0.3 is 0 Å². The van der Waals surface area contributed by atoms with Gasteiger partial charge < -0.3 is 5.32 Å². The molecule has 0 unspecified atom stereocenters. The van der Waals surface area contributed by atoms with Crippen LogP contribution in [0.5, 0.6) is 0 Å². The summed E-state index contributed by atoms with van der Waals surface area (Å²) in [5.74, 6) is 1.01. The molecule has 0 radical (unpaired) electrons. The number of anilines is 1. The standard InChI is InChI=1S/C13H19BrN2/c1-8-6-9(14)7-15-10(8)16-11-12(2,3)13(11,4)5/h6-7,11H,1-5H3,(H,15,16). The third-order valence-corrected chi connectivity index (χ3v) is 4.78. The van der Waals surface area contributed by atoms with Crippen molar-refractivity contribution < 1.29 is 0 Å². The molecule has 1 aliphatic rings. The monoisotopic (exact) mass is 282 g/mol. The van der Waals surface area contributed by atoms with Gasteiger partial charge in [-0.2, -0.15) is 0 Å². The normalized spacial score (nSPS) is 21.9. The van der Waals surface area contributed by atoms with Crippen molar-refractivity contribution in [2.45, 2.75) is 40.7 Å². The van der Waals surface area contributed by atoms with Crippen LogP contribution in [0.25, 0.3) is 0 Å². The van der Waals surface area contributed by atoms with Gasteiger partial charge in [0.2, 0.25) is 0 Å². The second-order valence-corrected chi connectivity index (χ2v) is 6.76. The number of aromatic nitrogens is 1. The van der Waals surface area contributed by atoms with Crippen molar-refractivity contribution in [2.24, 2.45) is 10.8 Å². The van der Waals surface area contributed by atoms with E-state index in [1.807, 2.05) is 6.20 Å². The fourth-order valence-electron chi connectivity index (χ4n) is 2.39. The van der Waals surface area contributed by atoms with Crippen molar-refractivity contribution in [3.63, 3.8) is 0 Å². The highest BCUT2D eigenvalue weighted by Crippen LogP contribution is 2.63. The Morgan fingerprint density at radius 2 is 1.81 bits per heavy atom. The van der Waals surface area contributed by atoms with Crippen LogP contribution in [-0.2, 0) is 0 Å². The Hall–Kier alpha value is -0.570. The van der Waals surface area contributed by atoms with Gasteiger partial charge in [-0.05, 0) is 45.3 Å². The Labute approximate surface area is 106 Å². The number of halogens is 1. The molecule has 1 heterocycles. The van der Waals surface area contributed by atoms with E-state index >= 15 is 0 Å². The van der Waals surface area contributed by atoms with Crippen LogP contribution in [-0.4, -0.2) is 11.0 Å². The van der Waals surface area contributed by atoms with Gasteiger partial charge in [-0.3, -0.25) is 0 Å². The second-order valence-electron chi connectivity index (χ2n) is 5.84. The molecule has 1 N–H and O–H groups in total. The maximum atomic E-state index is 4.43. The summed E-state index contributed by atoms with van der Waals surface area (Å²) in [5.41, 5.74) is 1.87. The molecule has 0 atom stereocenters. The molecule has 0 aromatic carbocycles. The summed E-state index contributed by atoms with van der Waals surface area (Å²) in [5, 5.41) is 3.56. The SMILES string of the molecule is Cc1cc(Br)cnc1NC1C(C)(C)C1(C)C. The first-order chi connectivity index (χ1) is 7.26. The molecule has 2 nitrogen and oxygen atoms in total. The van der Waals surface area contributed by atoms with E-state index in [2.05, 4.69) is 66.9 Å². The third-order valence-electron chi connectivity index (χ3n) is 4.35. The molecule has 0 aliphatic heterocycles. The number of nitrogens with zero attached hydrogens (tertiary/aromatic N) is 1. The van der Waals surface area contributed by atoms with Crippen molar-refractivity contribution >= 4 is 21.7 Å². The van der Waals surface area contributed by atoms with Gasteiger partial charge in [-0.1, -0.05) is 27.7 Å². The molecule has 1 saturated carbocycles. The Balaban J connectivity index is 2.18. The van der Waals surface area contributed by atoms with Crippen LogP contribution in [0, 0.1) is 17.8 Å². The lowest BCUT2D eigenvalue weighted by Gasteiger charge is -2.10. The van der Waals surface area contributed by atoms with Crippen molar-refractivity contribution in [1.82, 2.24) is 4.98 Å². The van der Waals surface area contributed by atoms with E-state index in [4.69, 9.17) is 0 Å². The highest BCUT2D eigenvalue weighted by molar-refractivity contribution is 9.10. The molecular formula is C13H19BrN2. The Kier molecular flexibility index (Phi) is 2.57. The van der Waals surface area contributed by atoms with Gasteiger partial charge in [0.15, 0.2) is 0 Å². The molecule has 0 saturated heterocycles. The van der Waals surface area contributed by atoms with Crippen LogP contribution in [0.1, 0.15) is 33.3 Å². The van der Waals surface area contributed by atoms with E-state index < -0.39 is 0 Å². The number of hydrogen-bond donors (Lipinski definition) is 1. The summed E-state index contributed by atoms with van der Waals surface area (Å²) >= 11 is 3.43. The van der Waals surface area contributed by atoms with Crippen LogP contribution in [0.3, 0.4) is 0 Å². The predicted molar refractivity (Wildman–Crippen MR) is 71.6 cm³/mol. The van der Waals surface area contributed by atoms with Crippen molar-refractivity contribution in [3.8, 4) is 0 Å². The molecule has 88 valence electrons. The minimum atomic E-state index is 0.341. The molecule has 0 bridgehead atoms. The van der Waals surface area contributed by atoms with E-state index in [0.717, 1.165) is 10.3 Å². The first-order valence-corrected chi connectivity index (χ1v) is 6.45. The maximum absolute atomic E-state index is 4.43. The van der Waals surface area contributed by atoms with Gasteiger partial charge in [0, 0.05) is 16.7 Å². The molecule has 2 rings (SSSR count). The van der Waals surface area contributed by atoms with E-state index in [1.165, 1.54) is 5.56 Å². The van der Waals surface area contributed by atoms with Crippen molar-refractivity contribution in [2.75, 3.05) is 5.32 Å². The van der Waals surface area contributed by atoms with Gasteiger partial charge in [-0.25, -0.2) is 4.98 Å². The van der Waals surface area contributed by atoms with Gasteiger partial charge in [0.05, 0.1) is 0 Å². The summed E-state index contributed by atoms with van der Waals surface area (Å²) in [6.07, 6.45) is 1.84. The number of hydrogen-bond acceptors (Lipinski definition) is 2. The smallest absolute Gasteiger partial charge is 0.129 e. The number of nitrogens with one attached hydrogen (secondary N) is 1. The zero-order chi connectivity index (χ0) is 12.1. The largest absolute Gasteiger partial charge is 0.366 e. The number of aryl methyl sites for hydroxylation is 1. The zero-order valence-electron chi connectivity index (χ0n) is 10.6. The molecule has 0 spiro atoms. The Morgan fingerprint density at radius 3 is 2.25 bits per heavy atom. The maximum Gasteiger partial charge on any atom is 0.129 e. The van der Waals surface area contributed by atoms with Crippen LogP contribution in [0.4, 0.5) is 5.82 Å². The quantitative estimate of drug-likeness (QED) is 0.887. The molecule has 3 heteroatoms. The van der Waals surface area contributed by atoms with Crippen molar-refractivity contribution in [3.05, 3.63) is 22.3 Å². The van der Waals surface area contributed by atoms with E-state index in [0.29, 0.717) is 16.9 Å². The van der Waals surface area contributed by atoms with Crippen LogP contribution < -0.4 is 5.32 Å². The summed E-state index contributed by atoms with van der Waals surface area (Å²) < 4.78 is 1.03. The average molecular weight is 283 g/mol. The molecule has 1 aromatic heterocycles. The van der Waals surface area contributed by atoms with E-state index in [1.54, 1.807) is 0 Å². The van der Waals surface area contributed by atoms with Gasteiger partial charge in [0.1, 0.15) is 5.82 Å². The summed E-state index contributed by atoms with van der Waals surface area (Å²) in [6, 6.07) is 2.60. The van der Waals surface area contributed by atoms with Gasteiger partial charge in [-0.15, -0.1) is 0 Å². The number of rotatable bonds is 2. The Morgan fingerprint density at radius 1 is 1.25 bits per heavy atom. The fourth-order valence-corrected chi connectivity index (χ4v) is 2.83. The highest BCUT2D eigenvalue weighted by atomic mass is 79.9. The average Bonchev–Trinajstić information content (AvgIpc) is 2.52. The summed E-state index contributed by atoms with van der Waals surface area (Å²) in [7, 11) is 0. The topological polar surface area (TPSA) is 24.9 Å². The molecule has 16 heavy (non-hydrogen) atoms. The summed E-state index contributed by atoms with van der Waals surface area (Å²) in [4.78, 5) is 4.43. The molecule has 1 aliphatic carbocycles. The summed E-state index contributed by atoms with van der Waals surface area (Å²) in [6.45, 7) is 11.3. The van der Waals surface area contributed by atoms with Crippen LogP contribution >= 0.6 is 15.9 Å². The zero-order valence-corrected chi connectivity index (χ0v) is 12.1. The number of pyridine rings is 1. The lowest BCUT2D eigenvalue weighted by molar-refractivity contribution is 0.457. The minimum Gasteiger partial charge on any atom is -0.366 e. The minimum absolute atomic E-state index is 0.341. The first kappa shape index (κ1) is 11.9. The lowest BCUT2D eigenvalue weighted by atomic mass is 10.0. The second kappa shape index (κ2) is 3.46. The van der Waals surface area contributed by atoms with Crippen molar-refractivity contribution in [1.29, 1.82) is 0 Å². The fraction of sp³-hybridized carbons (Fsp3) is 0.615. The van der Waals surface area contributed by atoms with Gasteiger partial charge in [0.25, 0.3) is 0 Å². The molecule has 1 fully saturated rings. The highest BCUT2D eigenvalue weighted by Gasteiger charge is 2.65. The lowest BCUT2D eigenvalue weighted by Crippen LogP contribution is -2.12. The van der Waals surface area contributed by atoms with E-state index in [9.17, 15) is 0 Å². The first-order valence-electron chi connectivity index (χ1n) is 5.65. The van der Waals surface area contributed by atoms with E-state index in [-0.39, 0.29) is 0 Å². The third kappa shape index (κ3) is 1.65. The van der Waals surface area contributed by atoms with Crippen LogP contribution in [0.2, 0.25) is 0 Å². The predicted octanol–water partition coefficient (Wildman–Crippen LogP) is 4.00. The molecular weight excluding hydrogens is 264 g/mol. The van der Waals surface area contributed by atoms with Crippen LogP contribution in [0.15, 0.2) is 16.7 Å².